The Morgan fingerprint density at radius 1 is 1.26 bits per heavy atom. The van der Waals surface area contributed by atoms with Crippen molar-refractivity contribution in [3.63, 3.8) is 0 Å². The molecule has 0 aromatic rings. The van der Waals surface area contributed by atoms with Crippen LogP contribution < -0.4 is 5.32 Å². The van der Waals surface area contributed by atoms with Crippen LogP contribution in [-0.2, 0) is 4.79 Å². The van der Waals surface area contributed by atoms with Crippen LogP contribution in [0.15, 0.2) is 0 Å². The van der Waals surface area contributed by atoms with E-state index in [0.717, 1.165) is 24.8 Å². The molecule has 2 heteroatoms. The summed E-state index contributed by atoms with van der Waals surface area (Å²) in [5, 5.41) is 3.37. The van der Waals surface area contributed by atoms with Gasteiger partial charge < -0.3 is 5.32 Å². The summed E-state index contributed by atoms with van der Waals surface area (Å²) < 4.78 is 0. The van der Waals surface area contributed by atoms with Crippen LogP contribution in [0.25, 0.3) is 0 Å². The Morgan fingerprint density at radius 2 is 1.84 bits per heavy atom. The average molecular weight is 267 g/mol. The van der Waals surface area contributed by atoms with Crippen molar-refractivity contribution in [3.8, 4) is 0 Å². The number of hydrogen-bond donors (Lipinski definition) is 1. The van der Waals surface area contributed by atoms with Crippen molar-refractivity contribution in [1.82, 2.24) is 5.32 Å². The SMILES string of the molecule is CCNC(CC1CCC(C)(C(C)C)CC1)C(=O)CC. The van der Waals surface area contributed by atoms with Crippen LogP contribution in [-0.4, -0.2) is 18.4 Å². The van der Waals surface area contributed by atoms with Gasteiger partial charge in [-0.15, -0.1) is 0 Å². The van der Waals surface area contributed by atoms with Gasteiger partial charge >= 0.3 is 0 Å². The molecule has 0 aromatic carbocycles. The first-order valence-electron chi connectivity index (χ1n) is 8.19. The van der Waals surface area contributed by atoms with E-state index in [0.29, 0.717) is 17.6 Å². The van der Waals surface area contributed by atoms with Crippen LogP contribution >= 0.6 is 0 Å². The fraction of sp³-hybridized carbons (Fsp3) is 0.941. The summed E-state index contributed by atoms with van der Waals surface area (Å²) in [5.41, 5.74) is 0.527. The Hall–Kier alpha value is -0.370. The highest BCUT2D eigenvalue weighted by Gasteiger charge is 2.34. The van der Waals surface area contributed by atoms with Crippen molar-refractivity contribution >= 4 is 5.78 Å². The molecular formula is C17H33NO. The van der Waals surface area contributed by atoms with Crippen molar-refractivity contribution in [2.45, 2.75) is 79.2 Å². The highest BCUT2D eigenvalue weighted by molar-refractivity contribution is 5.83. The topological polar surface area (TPSA) is 29.1 Å². The summed E-state index contributed by atoms with van der Waals surface area (Å²) in [4.78, 5) is 11.9. The lowest BCUT2D eigenvalue weighted by Gasteiger charge is -2.41. The first-order valence-corrected chi connectivity index (χ1v) is 8.19. The molecule has 112 valence electrons. The third kappa shape index (κ3) is 4.59. The van der Waals surface area contributed by atoms with Crippen molar-refractivity contribution in [1.29, 1.82) is 0 Å². The number of ketones is 1. The molecule has 1 rings (SSSR count). The quantitative estimate of drug-likeness (QED) is 0.749. The molecule has 0 aliphatic heterocycles. The lowest BCUT2D eigenvalue weighted by atomic mass is 9.65. The summed E-state index contributed by atoms with van der Waals surface area (Å²) in [6, 6.07) is 0.100. The predicted molar refractivity (Wildman–Crippen MR) is 82.3 cm³/mol. The van der Waals surface area contributed by atoms with Gasteiger partial charge in [-0.05, 0) is 55.9 Å². The van der Waals surface area contributed by atoms with Crippen LogP contribution in [0.3, 0.4) is 0 Å². The Morgan fingerprint density at radius 3 is 2.26 bits per heavy atom. The van der Waals surface area contributed by atoms with E-state index in [1.54, 1.807) is 0 Å². The third-order valence-electron chi connectivity index (χ3n) is 5.40. The van der Waals surface area contributed by atoms with Crippen molar-refractivity contribution in [2.24, 2.45) is 17.3 Å². The standard InChI is InChI=1S/C17H33NO/c1-6-16(19)15(18-7-2)12-14-8-10-17(5,11-9-14)13(3)4/h13-15,18H,6-12H2,1-5H3. The molecule has 1 aliphatic carbocycles. The van der Waals surface area contributed by atoms with E-state index >= 15 is 0 Å². The molecule has 0 bridgehead atoms. The summed E-state index contributed by atoms with van der Waals surface area (Å²) in [6.45, 7) is 12.1. The maximum Gasteiger partial charge on any atom is 0.149 e. The monoisotopic (exact) mass is 267 g/mol. The number of nitrogens with one attached hydrogen (secondary N) is 1. The van der Waals surface area contributed by atoms with Crippen LogP contribution in [0.4, 0.5) is 0 Å². The van der Waals surface area contributed by atoms with Gasteiger partial charge in [0.25, 0.3) is 0 Å². The first-order chi connectivity index (χ1) is 8.92. The zero-order valence-corrected chi connectivity index (χ0v) is 13.6. The number of Topliss-reactive ketones (excluding diaryl/α,β-unsaturated/α-hetero) is 1. The summed E-state index contributed by atoms with van der Waals surface area (Å²) in [7, 11) is 0. The number of carbonyl (C=O) groups is 1. The van der Waals surface area contributed by atoms with Gasteiger partial charge in [0.15, 0.2) is 0 Å². The molecule has 2 nitrogen and oxygen atoms in total. The molecule has 0 aromatic heterocycles. The highest BCUT2D eigenvalue weighted by atomic mass is 16.1. The van der Waals surface area contributed by atoms with Crippen LogP contribution in [0.1, 0.15) is 73.1 Å². The lowest BCUT2D eigenvalue weighted by Crippen LogP contribution is -2.39. The normalized spacial score (nSPS) is 29.5. The van der Waals surface area contributed by atoms with Crippen LogP contribution in [0.2, 0.25) is 0 Å². The van der Waals surface area contributed by atoms with Gasteiger partial charge in [0.05, 0.1) is 6.04 Å². The van der Waals surface area contributed by atoms with Gasteiger partial charge in [0.2, 0.25) is 0 Å². The van der Waals surface area contributed by atoms with E-state index < -0.39 is 0 Å². The molecule has 0 spiro atoms. The molecule has 1 saturated carbocycles. The Labute approximate surface area is 119 Å². The van der Waals surface area contributed by atoms with E-state index in [9.17, 15) is 4.79 Å². The molecule has 1 fully saturated rings. The van der Waals surface area contributed by atoms with E-state index in [1.807, 2.05) is 6.92 Å². The van der Waals surface area contributed by atoms with E-state index in [4.69, 9.17) is 0 Å². The number of hydrogen-bond acceptors (Lipinski definition) is 2. The first kappa shape index (κ1) is 16.7. The molecule has 0 radical (unpaired) electrons. The van der Waals surface area contributed by atoms with E-state index in [1.165, 1.54) is 25.7 Å². The fourth-order valence-corrected chi connectivity index (χ4v) is 3.30. The predicted octanol–water partition coefficient (Wildman–Crippen LogP) is 4.19. The number of likely N-dealkylation sites (N-methyl/N-ethyl adjacent to an activating group) is 1. The zero-order chi connectivity index (χ0) is 14.5. The van der Waals surface area contributed by atoms with E-state index in [2.05, 4.69) is 33.0 Å². The maximum atomic E-state index is 11.9. The molecular weight excluding hydrogens is 234 g/mol. The smallest absolute Gasteiger partial charge is 0.149 e. The Kier molecular flexibility index (Phi) is 6.52. The minimum atomic E-state index is 0.100. The fourth-order valence-electron chi connectivity index (χ4n) is 3.30. The third-order valence-corrected chi connectivity index (χ3v) is 5.40. The van der Waals surface area contributed by atoms with Gasteiger partial charge in [0, 0.05) is 6.42 Å². The summed E-state index contributed by atoms with van der Waals surface area (Å²) in [5.74, 6) is 1.90. The highest BCUT2D eigenvalue weighted by Crippen LogP contribution is 2.44. The van der Waals surface area contributed by atoms with E-state index in [-0.39, 0.29) is 6.04 Å². The summed E-state index contributed by atoms with van der Waals surface area (Å²) in [6.07, 6.45) is 6.97. The van der Waals surface area contributed by atoms with Crippen molar-refractivity contribution in [2.75, 3.05) is 6.54 Å². The second-order valence-corrected chi connectivity index (χ2v) is 6.92. The number of carbonyl (C=O) groups excluding carboxylic acids is 1. The molecule has 0 saturated heterocycles. The molecule has 0 amide bonds. The minimum Gasteiger partial charge on any atom is -0.308 e. The second kappa shape index (κ2) is 7.42. The van der Waals surface area contributed by atoms with Gasteiger partial charge in [0.1, 0.15) is 5.78 Å². The van der Waals surface area contributed by atoms with Crippen LogP contribution in [0.5, 0.6) is 0 Å². The molecule has 0 heterocycles. The minimum absolute atomic E-state index is 0.100. The second-order valence-electron chi connectivity index (χ2n) is 6.92. The molecule has 1 atom stereocenters. The molecule has 1 unspecified atom stereocenters. The summed E-state index contributed by atoms with van der Waals surface area (Å²) >= 11 is 0. The Bertz CT molecular complexity index is 277. The molecule has 1 N–H and O–H groups in total. The molecule has 19 heavy (non-hydrogen) atoms. The average Bonchev–Trinajstić information content (AvgIpc) is 2.39. The van der Waals surface area contributed by atoms with Gasteiger partial charge in [-0.1, -0.05) is 34.6 Å². The van der Waals surface area contributed by atoms with Crippen molar-refractivity contribution < 1.29 is 4.79 Å². The maximum absolute atomic E-state index is 11.9. The van der Waals surface area contributed by atoms with Crippen molar-refractivity contribution in [3.05, 3.63) is 0 Å². The van der Waals surface area contributed by atoms with Gasteiger partial charge in [-0.25, -0.2) is 0 Å². The lowest BCUT2D eigenvalue weighted by molar-refractivity contribution is -0.121. The zero-order valence-electron chi connectivity index (χ0n) is 13.6. The molecule has 1 aliphatic rings. The van der Waals surface area contributed by atoms with Gasteiger partial charge in [-0.2, -0.15) is 0 Å². The van der Waals surface area contributed by atoms with Crippen LogP contribution in [0, 0.1) is 17.3 Å². The number of rotatable bonds is 7. The van der Waals surface area contributed by atoms with Gasteiger partial charge in [-0.3, -0.25) is 4.79 Å². The Balaban J connectivity index is 2.48. The largest absolute Gasteiger partial charge is 0.308 e.